The number of carbonyl (C=O) groups excluding carboxylic acids is 3. The van der Waals surface area contributed by atoms with Gasteiger partial charge >= 0.3 is 5.97 Å². The second kappa shape index (κ2) is 8.95. The summed E-state index contributed by atoms with van der Waals surface area (Å²) in [6, 6.07) is 4.12. The molecule has 2 aliphatic heterocycles. The van der Waals surface area contributed by atoms with E-state index in [1.54, 1.807) is 6.92 Å². The second-order valence-electron chi connectivity index (χ2n) is 7.79. The predicted octanol–water partition coefficient (Wildman–Crippen LogP) is 3.27. The summed E-state index contributed by atoms with van der Waals surface area (Å²) in [6.45, 7) is 2.69. The molecule has 2 fully saturated rings. The van der Waals surface area contributed by atoms with Crippen molar-refractivity contribution in [2.75, 3.05) is 18.5 Å². The molecule has 0 unspecified atom stereocenters. The molecule has 2 amide bonds. The molecule has 34 heavy (non-hydrogen) atoms. The molecule has 0 bridgehead atoms. The Labute approximate surface area is 196 Å². The van der Waals surface area contributed by atoms with Crippen molar-refractivity contribution in [1.82, 2.24) is 15.0 Å². The maximum atomic E-state index is 13.9. The van der Waals surface area contributed by atoms with Crippen LogP contribution in [-0.4, -0.2) is 52.1 Å². The van der Waals surface area contributed by atoms with Crippen LogP contribution in [-0.2, 0) is 19.2 Å². The van der Waals surface area contributed by atoms with Gasteiger partial charge < -0.3 is 19.6 Å². The summed E-state index contributed by atoms with van der Waals surface area (Å²) in [4.78, 5) is 50.6. The molecule has 0 spiro atoms. The van der Waals surface area contributed by atoms with Crippen molar-refractivity contribution in [3.05, 3.63) is 40.8 Å². The number of nitrogens with one attached hydrogen (secondary N) is 1. The fraction of sp³-hybridized carbons (Fsp3) is 0.318. The van der Waals surface area contributed by atoms with Crippen molar-refractivity contribution in [2.45, 2.75) is 32.3 Å². The number of rotatable bonds is 6. The van der Waals surface area contributed by atoms with E-state index in [9.17, 15) is 18.8 Å². The SMILES string of the molecule is Cc1c(C(=O)ON2C(=O)CCC2=O)sc2ncnc(Nc3ccc(F)cc3O[C@H]3CCOC3)c12. The average Bonchev–Trinajstić information content (AvgIpc) is 3.52. The summed E-state index contributed by atoms with van der Waals surface area (Å²) in [5.74, 6) is -1.71. The van der Waals surface area contributed by atoms with Gasteiger partial charge in [-0.25, -0.2) is 19.2 Å². The minimum absolute atomic E-state index is 0.00606. The Morgan fingerprint density at radius 2 is 2.06 bits per heavy atom. The van der Waals surface area contributed by atoms with Gasteiger partial charge in [-0.2, -0.15) is 0 Å². The average molecular weight is 486 g/mol. The summed E-state index contributed by atoms with van der Waals surface area (Å²) in [5.41, 5.74) is 0.997. The van der Waals surface area contributed by atoms with Gasteiger partial charge in [0.25, 0.3) is 11.8 Å². The van der Waals surface area contributed by atoms with Gasteiger partial charge in [-0.1, -0.05) is 0 Å². The minimum atomic E-state index is -0.831. The third-order valence-corrected chi connectivity index (χ3v) is 6.65. The third-order valence-electron chi connectivity index (χ3n) is 5.47. The number of hydrogen-bond acceptors (Lipinski definition) is 10. The van der Waals surface area contributed by atoms with Crippen LogP contribution in [0.25, 0.3) is 10.2 Å². The number of carbonyl (C=O) groups is 3. The van der Waals surface area contributed by atoms with Crippen molar-refractivity contribution >= 4 is 50.8 Å². The molecular weight excluding hydrogens is 467 g/mol. The first-order valence-electron chi connectivity index (χ1n) is 10.5. The van der Waals surface area contributed by atoms with Crippen LogP contribution in [0.5, 0.6) is 5.75 Å². The lowest BCUT2D eigenvalue weighted by molar-refractivity contribution is -0.172. The number of amides is 2. The van der Waals surface area contributed by atoms with Crippen LogP contribution >= 0.6 is 11.3 Å². The zero-order valence-electron chi connectivity index (χ0n) is 18.0. The number of hydrogen-bond donors (Lipinski definition) is 1. The Morgan fingerprint density at radius 1 is 1.26 bits per heavy atom. The van der Waals surface area contributed by atoms with Gasteiger partial charge in [-0.3, -0.25) is 9.59 Å². The van der Waals surface area contributed by atoms with Crippen molar-refractivity contribution < 1.29 is 33.1 Å². The number of ether oxygens (including phenoxy) is 2. The zero-order chi connectivity index (χ0) is 23.8. The van der Waals surface area contributed by atoms with E-state index in [2.05, 4.69) is 15.3 Å². The highest BCUT2D eigenvalue weighted by Gasteiger charge is 2.34. The molecule has 1 atom stereocenters. The van der Waals surface area contributed by atoms with Gasteiger partial charge in [-0.05, 0) is 24.6 Å². The molecule has 3 aromatic rings. The molecule has 176 valence electrons. The van der Waals surface area contributed by atoms with E-state index in [0.717, 1.165) is 11.3 Å². The normalized spacial score (nSPS) is 18.1. The van der Waals surface area contributed by atoms with Gasteiger partial charge in [0.1, 0.15) is 39.5 Å². The van der Waals surface area contributed by atoms with Gasteiger partial charge in [0.05, 0.1) is 24.3 Å². The Bertz CT molecular complexity index is 1290. The topological polar surface area (TPSA) is 120 Å². The van der Waals surface area contributed by atoms with Crippen LogP contribution < -0.4 is 10.1 Å². The van der Waals surface area contributed by atoms with Gasteiger partial charge in [0.15, 0.2) is 0 Å². The number of aryl methyl sites for hydroxylation is 1. The van der Waals surface area contributed by atoms with Crippen molar-refractivity contribution in [3.63, 3.8) is 0 Å². The minimum Gasteiger partial charge on any atom is -0.486 e. The first-order chi connectivity index (χ1) is 16.4. The molecule has 10 nitrogen and oxygen atoms in total. The van der Waals surface area contributed by atoms with Crippen LogP contribution in [0, 0.1) is 12.7 Å². The molecule has 12 heteroatoms. The first kappa shape index (κ1) is 22.2. The van der Waals surface area contributed by atoms with E-state index in [1.165, 1.54) is 24.5 Å². The highest BCUT2D eigenvalue weighted by atomic mass is 32.1. The van der Waals surface area contributed by atoms with E-state index < -0.39 is 23.6 Å². The lowest BCUT2D eigenvalue weighted by Gasteiger charge is -2.17. The van der Waals surface area contributed by atoms with Crippen LogP contribution in [0.2, 0.25) is 0 Å². The molecule has 4 heterocycles. The van der Waals surface area contributed by atoms with Crippen LogP contribution in [0.4, 0.5) is 15.9 Å². The molecule has 1 aromatic carbocycles. The molecular formula is C22H19FN4O6S. The number of aromatic nitrogens is 2. The maximum absolute atomic E-state index is 13.9. The first-order valence-corrected chi connectivity index (χ1v) is 11.4. The third kappa shape index (κ3) is 4.17. The van der Waals surface area contributed by atoms with E-state index in [1.807, 2.05) is 0 Å². The van der Waals surface area contributed by atoms with Gasteiger partial charge in [0, 0.05) is 25.3 Å². The Kier molecular flexibility index (Phi) is 5.84. The Hall–Kier alpha value is -3.64. The van der Waals surface area contributed by atoms with E-state index >= 15 is 0 Å². The summed E-state index contributed by atoms with van der Waals surface area (Å²) < 4.78 is 25.2. The molecule has 0 aliphatic carbocycles. The summed E-state index contributed by atoms with van der Waals surface area (Å²) in [7, 11) is 0. The smallest absolute Gasteiger partial charge is 0.374 e. The number of imide groups is 1. The molecule has 2 aliphatic rings. The van der Waals surface area contributed by atoms with E-state index in [4.69, 9.17) is 14.3 Å². The van der Waals surface area contributed by atoms with Crippen LogP contribution in [0.15, 0.2) is 24.5 Å². The van der Waals surface area contributed by atoms with Crippen molar-refractivity contribution in [2.24, 2.45) is 0 Å². The highest BCUT2D eigenvalue weighted by molar-refractivity contribution is 7.20. The van der Waals surface area contributed by atoms with Crippen molar-refractivity contribution in [1.29, 1.82) is 0 Å². The second-order valence-corrected chi connectivity index (χ2v) is 8.79. The molecule has 2 saturated heterocycles. The Balaban J connectivity index is 1.45. The Morgan fingerprint density at radius 3 is 2.79 bits per heavy atom. The number of fused-ring (bicyclic) bond motifs is 1. The summed E-state index contributed by atoms with van der Waals surface area (Å²) in [6.07, 6.45) is 1.86. The number of benzene rings is 1. The molecule has 1 N–H and O–H groups in total. The molecule has 2 aromatic heterocycles. The fourth-order valence-electron chi connectivity index (χ4n) is 3.75. The predicted molar refractivity (Wildman–Crippen MR) is 118 cm³/mol. The van der Waals surface area contributed by atoms with Crippen LogP contribution in [0.1, 0.15) is 34.5 Å². The fourth-order valence-corrected chi connectivity index (χ4v) is 4.77. The largest absolute Gasteiger partial charge is 0.486 e. The number of halogens is 1. The molecule has 5 rings (SSSR count). The van der Waals surface area contributed by atoms with E-state index in [0.29, 0.717) is 57.7 Å². The molecule has 0 radical (unpaired) electrons. The van der Waals surface area contributed by atoms with Crippen molar-refractivity contribution in [3.8, 4) is 5.75 Å². The number of hydroxylamine groups is 2. The summed E-state index contributed by atoms with van der Waals surface area (Å²) >= 11 is 1.05. The number of nitrogens with zero attached hydrogens (tertiary/aromatic N) is 3. The van der Waals surface area contributed by atoms with Gasteiger partial charge in [-0.15, -0.1) is 16.4 Å². The summed E-state index contributed by atoms with van der Waals surface area (Å²) in [5, 5.41) is 4.21. The highest BCUT2D eigenvalue weighted by Crippen LogP contribution is 2.37. The van der Waals surface area contributed by atoms with Crippen LogP contribution in [0.3, 0.4) is 0 Å². The van der Waals surface area contributed by atoms with Gasteiger partial charge in [0.2, 0.25) is 0 Å². The van der Waals surface area contributed by atoms with E-state index in [-0.39, 0.29) is 23.8 Å². The lowest BCUT2D eigenvalue weighted by Crippen LogP contribution is -2.31. The maximum Gasteiger partial charge on any atom is 0.374 e. The number of thiophene rings is 1. The zero-order valence-corrected chi connectivity index (χ0v) is 18.8. The standard InChI is InChI=1S/C22H19FN4O6S/c1-11-18-20(26-14-3-2-12(23)8-15(14)32-13-6-7-31-9-13)24-10-25-21(18)34-19(11)22(30)33-27-16(28)4-5-17(27)29/h2-3,8,10,13H,4-7,9H2,1H3,(H,24,25,26)/t13-/m0/s1. The lowest BCUT2D eigenvalue weighted by atomic mass is 10.2. The molecule has 0 saturated carbocycles. The monoisotopic (exact) mass is 486 g/mol. The number of anilines is 2. The quantitative estimate of drug-likeness (QED) is 0.524.